The Labute approximate surface area is 232 Å². The van der Waals surface area contributed by atoms with Crippen molar-refractivity contribution in [3.63, 3.8) is 0 Å². The van der Waals surface area contributed by atoms with Gasteiger partial charge in [-0.25, -0.2) is 10.2 Å². The molecule has 210 valence electrons. The Kier molecular flexibility index (Phi) is 10.9. The molecule has 0 atom stereocenters. The number of benzene rings is 3. The van der Waals surface area contributed by atoms with Gasteiger partial charge in [0, 0.05) is 5.56 Å². The second kappa shape index (κ2) is 14.8. The number of carbonyl (C=O) groups is 3. The van der Waals surface area contributed by atoms with E-state index in [1.807, 2.05) is 6.92 Å². The lowest BCUT2D eigenvalue weighted by molar-refractivity contribution is -0.120. The summed E-state index contributed by atoms with van der Waals surface area (Å²) >= 11 is 0. The zero-order valence-electron chi connectivity index (χ0n) is 22.7. The molecule has 3 rings (SSSR count). The minimum Gasteiger partial charge on any atom is -0.494 e. The first-order valence-corrected chi connectivity index (χ1v) is 12.3. The molecular weight excluding hydrogens is 518 g/mol. The van der Waals surface area contributed by atoms with Crippen molar-refractivity contribution >= 4 is 24.0 Å². The standard InChI is InChI=1S/C29H31N3O8/c1-5-14-39-22-10-7-20(8-11-22)29(35)40-24-12-6-19(15-25(24)37-3)17-31-32-27(33)18-30-28(34)21-9-13-23(36-2)26(16-21)38-4/h6-13,15-17H,5,14,18H2,1-4H3,(H,30,34)(H,32,33)/b31-17-. The van der Waals surface area contributed by atoms with Gasteiger partial charge in [-0.2, -0.15) is 5.10 Å². The van der Waals surface area contributed by atoms with Crippen molar-refractivity contribution in [3.8, 4) is 28.7 Å². The molecule has 11 heteroatoms. The third kappa shape index (κ3) is 8.22. The first kappa shape index (κ1) is 29.5. The van der Waals surface area contributed by atoms with E-state index < -0.39 is 17.8 Å². The average Bonchev–Trinajstić information content (AvgIpc) is 2.99. The lowest BCUT2D eigenvalue weighted by atomic mass is 10.2. The highest BCUT2D eigenvalue weighted by molar-refractivity contribution is 5.97. The van der Waals surface area contributed by atoms with Crippen LogP contribution < -0.4 is 34.4 Å². The number of rotatable bonds is 13. The molecule has 0 saturated heterocycles. The third-order valence-electron chi connectivity index (χ3n) is 5.41. The van der Waals surface area contributed by atoms with E-state index in [1.165, 1.54) is 33.6 Å². The van der Waals surface area contributed by atoms with Crippen molar-refractivity contribution in [2.45, 2.75) is 13.3 Å². The van der Waals surface area contributed by atoms with Gasteiger partial charge < -0.3 is 29.0 Å². The van der Waals surface area contributed by atoms with Crippen molar-refractivity contribution in [1.29, 1.82) is 0 Å². The van der Waals surface area contributed by atoms with Crippen LogP contribution in [0.1, 0.15) is 39.6 Å². The summed E-state index contributed by atoms with van der Waals surface area (Å²) in [6.07, 6.45) is 2.27. The van der Waals surface area contributed by atoms with Gasteiger partial charge in [-0.1, -0.05) is 6.92 Å². The van der Waals surface area contributed by atoms with E-state index in [0.717, 1.165) is 6.42 Å². The van der Waals surface area contributed by atoms with Crippen LogP contribution in [0.25, 0.3) is 0 Å². The zero-order valence-corrected chi connectivity index (χ0v) is 22.7. The van der Waals surface area contributed by atoms with E-state index in [1.54, 1.807) is 54.6 Å². The number of ether oxygens (including phenoxy) is 5. The monoisotopic (exact) mass is 549 g/mol. The van der Waals surface area contributed by atoms with Crippen LogP contribution in [0.3, 0.4) is 0 Å². The van der Waals surface area contributed by atoms with Crippen LogP contribution in [0.4, 0.5) is 0 Å². The molecular formula is C29H31N3O8. The Morgan fingerprint density at radius 3 is 2.12 bits per heavy atom. The second-order valence-electron chi connectivity index (χ2n) is 8.22. The van der Waals surface area contributed by atoms with Crippen LogP contribution in [-0.2, 0) is 4.79 Å². The summed E-state index contributed by atoms with van der Waals surface area (Å²) in [7, 11) is 4.40. The van der Waals surface area contributed by atoms with Gasteiger partial charge in [-0.3, -0.25) is 9.59 Å². The molecule has 0 aromatic heterocycles. The van der Waals surface area contributed by atoms with Gasteiger partial charge in [0.2, 0.25) is 0 Å². The molecule has 0 saturated carbocycles. The fourth-order valence-corrected chi connectivity index (χ4v) is 3.37. The van der Waals surface area contributed by atoms with Crippen molar-refractivity contribution in [2.75, 3.05) is 34.5 Å². The molecule has 2 amide bonds. The Morgan fingerprint density at radius 2 is 1.45 bits per heavy atom. The fourth-order valence-electron chi connectivity index (χ4n) is 3.37. The first-order chi connectivity index (χ1) is 19.4. The molecule has 2 N–H and O–H groups in total. The van der Waals surface area contributed by atoms with E-state index in [0.29, 0.717) is 46.3 Å². The van der Waals surface area contributed by atoms with Crippen molar-refractivity contribution in [2.24, 2.45) is 5.10 Å². The maximum Gasteiger partial charge on any atom is 0.343 e. The Morgan fingerprint density at radius 1 is 0.800 bits per heavy atom. The Balaban J connectivity index is 1.52. The quantitative estimate of drug-likeness (QED) is 0.143. The molecule has 0 radical (unpaired) electrons. The SMILES string of the molecule is CCCOc1ccc(C(=O)Oc2ccc(/C=N\NC(=O)CNC(=O)c3ccc(OC)c(OC)c3)cc2OC)cc1. The minimum atomic E-state index is -0.552. The number of esters is 1. The largest absolute Gasteiger partial charge is 0.494 e. The van der Waals surface area contributed by atoms with Crippen LogP contribution >= 0.6 is 0 Å². The number of methoxy groups -OCH3 is 3. The van der Waals surface area contributed by atoms with Gasteiger partial charge in [0.25, 0.3) is 11.8 Å². The number of nitrogens with zero attached hydrogens (tertiary/aromatic N) is 1. The molecule has 0 aliphatic rings. The number of nitrogens with one attached hydrogen (secondary N) is 2. The minimum absolute atomic E-state index is 0.220. The van der Waals surface area contributed by atoms with Crippen LogP contribution in [0.2, 0.25) is 0 Å². The normalized spacial score (nSPS) is 10.5. The van der Waals surface area contributed by atoms with E-state index in [4.69, 9.17) is 23.7 Å². The summed E-state index contributed by atoms with van der Waals surface area (Å²) in [6, 6.07) is 16.1. The van der Waals surface area contributed by atoms with E-state index in [9.17, 15) is 14.4 Å². The molecule has 3 aromatic rings. The summed E-state index contributed by atoms with van der Waals surface area (Å²) in [4.78, 5) is 37.0. The lowest BCUT2D eigenvalue weighted by Gasteiger charge is -2.10. The highest BCUT2D eigenvalue weighted by atomic mass is 16.6. The van der Waals surface area contributed by atoms with Gasteiger partial charge in [0.1, 0.15) is 5.75 Å². The molecule has 0 spiro atoms. The summed E-state index contributed by atoms with van der Waals surface area (Å²) in [6.45, 7) is 2.31. The third-order valence-corrected chi connectivity index (χ3v) is 5.41. The zero-order chi connectivity index (χ0) is 28.9. The van der Waals surface area contributed by atoms with Crippen LogP contribution in [0.15, 0.2) is 65.8 Å². The number of hydrazone groups is 1. The fraction of sp³-hybridized carbons (Fsp3) is 0.241. The van der Waals surface area contributed by atoms with E-state index >= 15 is 0 Å². The van der Waals surface area contributed by atoms with Crippen molar-refractivity contribution < 1.29 is 38.1 Å². The second-order valence-corrected chi connectivity index (χ2v) is 8.22. The smallest absolute Gasteiger partial charge is 0.343 e. The summed E-state index contributed by atoms with van der Waals surface area (Å²) in [5, 5.41) is 6.41. The molecule has 40 heavy (non-hydrogen) atoms. The average molecular weight is 550 g/mol. The molecule has 3 aromatic carbocycles. The van der Waals surface area contributed by atoms with E-state index in [2.05, 4.69) is 15.8 Å². The lowest BCUT2D eigenvalue weighted by Crippen LogP contribution is -2.34. The van der Waals surface area contributed by atoms with Crippen molar-refractivity contribution in [1.82, 2.24) is 10.7 Å². The van der Waals surface area contributed by atoms with E-state index in [-0.39, 0.29) is 12.3 Å². The highest BCUT2D eigenvalue weighted by Crippen LogP contribution is 2.29. The molecule has 11 nitrogen and oxygen atoms in total. The molecule has 0 aliphatic heterocycles. The molecule has 0 unspecified atom stereocenters. The van der Waals surface area contributed by atoms with Crippen LogP contribution in [-0.4, -0.2) is 58.5 Å². The number of hydrogen-bond donors (Lipinski definition) is 2. The summed E-state index contributed by atoms with van der Waals surface area (Å²) in [5.41, 5.74) is 3.57. The molecule has 0 fully saturated rings. The predicted molar refractivity (Wildman–Crippen MR) is 148 cm³/mol. The van der Waals surface area contributed by atoms with Gasteiger partial charge in [0.05, 0.1) is 46.3 Å². The molecule has 0 bridgehead atoms. The van der Waals surface area contributed by atoms with Crippen molar-refractivity contribution in [3.05, 3.63) is 77.4 Å². The first-order valence-electron chi connectivity index (χ1n) is 12.3. The summed E-state index contributed by atoms with van der Waals surface area (Å²) in [5.74, 6) is 0.524. The van der Waals surface area contributed by atoms with Gasteiger partial charge >= 0.3 is 5.97 Å². The number of amides is 2. The summed E-state index contributed by atoms with van der Waals surface area (Å²) < 4.78 is 26.7. The van der Waals surface area contributed by atoms with Gasteiger partial charge in [-0.15, -0.1) is 0 Å². The van der Waals surface area contributed by atoms with Crippen LogP contribution in [0, 0.1) is 0 Å². The Hall–Kier alpha value is -5.06. The highest BCUT2D eigenvalue weighted by Gasteiger charge is 2.14. The van der Waals surface area contributed by atoms with Crippen LogP contribution in [0.5, 0.6) is 28.7 Å². The maximum absolute atomic E-state index is 12.6. The molecule has 0 aliphatic carbocycles. The predicted octanol–water partition coefficient (Wildman–Crippen LogP) is 3.60. The number of carbonyl (C=O) groups excluding carboxylic acids is 3. The van der Waals surface area contributed by atoms with Gasteiger partial charge in [-0.05, 0) is 72.6 Å². The van der Waals surface area contributed by atoms with Gasteiger partial charge in [0.15, 0.2) is 23.0 Å². The maximum atomic E-state index is 12.6. The number of hydrogen-bond acceptors (Lipinski definition) is 9. The Bertz CT molecular complexity index is 1360. The topological polar surface area (TPSA) is 134 Å². The molecule has 0 heterocycles.